The topological polar surface area (TPSA) is 30.0 Å². The molecule has 0 amide bonds. The maximum absolute atomic E-state index is 13.0. The van der Waals surface area contributed by atoms with Gasteiger partial charge in [-0.05, 0) is 18.2 Å². The van der Waals surface area contributed by atoms with Crippen molar-refractivity contribution in [3.63, 3.8) is 0 Å². The quantitative estimate of drug-likeness (QED) is 0.812. The van der Waals surface area contributed by atoms with Crippen LogP contribution < -0.4 is 0 Å². The fraction of sp³-hybridized carbons (Fsp3) is 0.0909. The van der Waals surface area contributed by atoms with E-state index >= 15 is 0 Å². The SMILES string of the molecule is O=C(Cc1nccs1)c1cc(F)ccc1Br. The first kappa shape index (κ1) is 11.4. The predicted octanol–water partition coefficient (Wildman–Crippen LogP) is 3.47. The van der Waals surface area contributed by atoms with Crippen molar-refractivity contribution in [3.8, 4) is 0 Å². The van der Waals surface area contributed by atoms with Crippen LogP contribution in [0.15, 0.2) is 34.2 Å². The Kier molecular flexibility index (Phi) is 3.46. The molecule has 1 aromatic heterocycles. The van der Waals surface area contributed by atoms with Crippen molar-refractivity contribution in [1.82, 2.24) is 4.98 Å². The van der Waals surface area contributed by atoms with Gasteiger partial charge in [0.2, 0.25) is 0 Å². The summed E-state index contributed by atoms with van der Waals surface area (Å²) < 4.78 is 13.6. The number of carbonyl (C=O) groups excluding carboxylic acids is 1. The van der Waals surface area contributed by atoms with E-state index in [4.69, 9.17) is 0 Å². The number of aromatic nitrogens is 1. The highest BCUT2D eigenvalue weighted by molar-refractivity contribution is 9.10. The molecule has 0 aliphatic carbocycles. The Labute approximate surface area is 104 Å². The summed E-state index contributed by atoms with van der Waals surface area (Å²) in [5.74, 6) is -0.549. The summed E-state index contributed by atoms with van der Waals surface area (Å²) in [7, 11) is 0. The van der Waals surface area contributed by atoms with E-state index in [1.54, 1.807) is 6.20 Å². The minimum Gasteiger partial charge on any atom is -0.294 e. The van der Waals surface area contributed by atoms with Crippen LogP contribution in [-0.2, 0) is 6.42 Å². The Hall–Kier alpha value is -1.07. The Balaban J connectivity index is 2.24. The second-order valence-corrected chi connectivity index (χ2v) is 4.98. The van der Waals surface area contributed by atoms with E-state index in [-0.39, 0.29) is 12.2 Å². The lowest BCUT2D eigenvalue weighted by Gasteiger charge is -2.02. The Morgan fingerprint density at radius 3 is 3.00 bits per heavy atom. The van der Waals surface area contributed by atoms with E-state index in [0.717, 1.165) is 5.01 Å². The van der Waals surface area contributed by atoms with Crippen LogP contribution >= 0.6 is 27.3 Å². The normalized spacial score (nSPS) is 10.4. The van der Waals surface area contributed by atoms with Crippen LogP contribution in [0.3, 0.4) is 0 Å². The lowest BCUT2D eigenvalue weighted by Crippen LogP contribution is -2.04. The van der Waals surface area contributed by atoms with Crippen LogP contribution in [-0.4, -0.2) is 10.8 Å². The monoisotopic (exact) mass is 299 g/mol. The summed E-state index contributed by atoms with van der Waals surface area (Å²) in [4.78, 5) is 15.9. The van der Waals surface area contributed by atoms with Gasteiger partial charge >= 0.3 is 0 Å². The zero-order valence-corrected chi connectivity index (χ0v) is 10.5. The number of thiazole rings is 1. The van der Waals surface area contributed by atoms with Crippen molar-refractivity contribution in [2.45, 2.75) is 6.42 Å². The molecule has 0 N–H and O–H groups in total. The second kappa shape index (κ2) is 4.84. The predicted molar refractivity (Wildman–Crippen MR) is 64.2 cm³/mol. The molecule has 0 unspecified atom stereocenters. The highest BCUT2D eigenvalue weighted by atomic mass is 79.9. The van der Waals surface area contributed by atoms with Crippen molar-refractivity contribution in [1.29, 1.82) is 0 Å². The minimum atomic E-state index is -0.411. The van der Waals surface area contributed by atoms with E-state index in [1.165, 1.54) is 29.5 Å². The van der Waals surface area contributed by atoms with Crippen LogP contribution in [0.25, 0.3) is 0 Å². The maximum Gasteiger partial charge on any atom is 0.170 e. The first-order valence-electron chi connectivity index (χ1n) is 4.53. The molecule has 16 heavy (non-hydrogen) atoms. The van der Waals surface area contributed by atoms with Crippen molar-refractivity contribution in [3.05, 3.63) is 50.6 Å². The number of hydrogen-bond donors (Lipinski definition) is 0. The van der Waals surface area contributed by atoms with Gasteiger partial charge in [0.05, 0.1) is 6.42 Å². The number of hydrogen-bond acceptors (Lipinski definition) is 3. The van der Waals surface area contributed by atoms with E-state index in [0.29, 0.717) is 10.0 Å². The molecule has 0 atom stereocenters. The summed E-state index contributed by atoms with van der Waals surface area (Å²) >= 11 is 4.65. The second-order valence-electron chi connectivity index (χ2n) is 3.15. The molecule has 0 spiro atoms. The molecule has 5 heteroatoms. The van der Waals surface area contributed by atoms with Gasteiger partial charge in [0.1, 0.15) is 10.8 Å². The molecule has 2 nitrogen and oxygen atoms in total. The molecule has 0 saturated heterocycles. The summed E-state index contributed by atoms with van der Waals surface area (Å²) in [6.07, 6.45) is 1.85. The van der Waals surface area contributed by atoms with E-state index in [1.807, 2.05) is 5.38 Å². The van der Waals surface area contributed by atoms with E-state index < -0.39 is 5.82 Å². The van der Waals surface area contributed by atoms with Gasteiger partial charge in [-0.2, -0.15) is 0 Å². The molecule has 0 saturated carbocycles. The molecule has 82 valence electrons. The van der Waals surface area contributed by atoms with Gasteiger partial charge < -0.3 is 0 Å². The van der Waals surface area contributed by atoms with Crippen molar-refractivity contribution in [2.24, 2.45) is 0 Å². The number of Topliss-reactive ketones (excluding diaryl/α,β-unsaturated/α-hetero) is 1. The Morgan fingerprint density at radius 2 is 2.31 bits per heavy atom. The Morgan fingerprint density at radius 1 is 1.50 bits per heavy atom. The number of rotatable bonds is 3. The van der Waals surface area contributed by atoms with Gasteiger partial charge in [-0.3, -0.25) is 4.79 Å². The fourth-order valence-electron chi connectivity index (χ4n) is 1.28. The summed E-state index contributed by atoms with van der Waals surface area (Å²) in [6, 6.07) is 4.08. The molecule has 2 rings (SSSR count). The largest absolute Gasteiger partial charge is 0.294 e. The molecule has 0 bridgehead atoms. The average molecular weight is 300 g/mol. The molecule has 1 heterocycles. The fourth-order valence-corrected chi connectivity index (χ4v) is 2.37. The van der Waals surface area contributed by atoms with Crippen LogP contribution in [0.4, 0.5) is 4.39 Å². The third kappa shape index (κ3) is 2.54. The van der Waals surface area contributed by atoms with Crippen molar-refractivity contribution in [2.75, 3.05) is 0 Å². The lowest BCUT2D eigenvalue weighted by atomic mass is 10.1. The molecule has 0 aliphatic heterocycles. The molecule has 0 radical (unpaired) electrons. The maximum atomic E-state index is 13.0. The number of benzene rings is 1. The van der Waals surface area contributed by atoms with Crippen molar-refractivity contribution < 1.29 is 9.18 Å². The summed E-state index contributed by atoms with van der Waals surface area (Å²) in [6.45, 7) is 0. The number of halogens is 2. The molecule has 1 aromatic carbocycles. The zero-order valence-electron chi connectivity index (χ0n) is 8.11. The van der Waals surface area contributed by atoms with Crippen LogP contribution in [0, 0.1) is 5.82 Å². The average Bonchev–Trinajstić information content (AvgIpc) is 2.74. The first-order valence-corrected chi connectivity index (χ1v) is 6.20. The molecular formula is C11H7BrFNOS. The lowest BCUT2D eigenvalue weighted by molar-refractivity contribution is 0.0991. The van der Waals surface area contributed by atoms with Crippen LogP contribution in [0.5, 0.6) is 0 Å². The van der Waals surface area contributed by atoms with Crippen LogP contribution in [0.2, 0.25) is 0 Å². The van der Waals surface area contributed by atoms with Crippen LogP contribution in [0.1, 0.15) is 15.4 Å². The molecule has 2 aromatic rings. The minimum absolute atomic E-state index is 0.138. The Bertz CT molecular complexity index is 513. The summed E-state index contributed by atoms with van der Waals surface area (Å²) in [5.41, 5.74) is 0.357. The first-order chi connectivity index (χ1) is 7.66. The highest BCUT2D eigenvalue weighted by Crippen LogP contribution is 2.20. The number of ketones is 1. The third-order valence-electron chi connectivity index (χ3n) is 2.02. The van der Waals surface area contributed by atoms with E-state index in [2.05, 4.69) is 20.9 Å². The van der Waals surface area contributed by atoms with Gasteiger partial charge in [0, 0.05) is 21.6 Å². The zero-order chi connectivity index (χ0) is 11.5. The van der Waals surface area contributed by atoms with Gasteiger partial charge in [-0.1, -0.05) is 15.9 Å². The number of carbonyl (C=O) groups is 1. The third-order valence-corrected chi connectivity index (χ3v) is 3.50. The van der Waals surface area contributed by atoms with Gasteiger partial charge in [-0.25, -0.2) is 9.37 Å². The molecular weight excluding hydrogens is 293 g/mol. The highest BCUT2D eigenvalue weighted by Gasteiger charge is 2.13. The summed E-state index contributed by atoms with van der Waals surface area (Å²) in [5, 5.41) is 2.55. The van der Waals surface area contributed by atoms with Gasteiger partial charge in [0.25, 0.3) is 0 Å². The van der Waals surface area contributed by atoms with Crippen molar-refractivity contribution >= 4 is 33.0 Å². The van der Waals surface area contributed by atoms with Gasteiger partial charge in [0.15, 0.2) is 5.78 Å². The molecule has 0 aliphatic rings. The standard InChI is InChI=1S/C11H7BrFNOS/c12-9-2-1-7(13)5-8(9)10(15)6-11-14-3-4-16-11/h1-5H,6H2. The molecule has 0 fully saturated rings. The van der Waals surface area contributed by atoms with Gasteiger partial charge in [-0.15, -0.1) is 11.3 Å². The van der Waals surface area contributed by atoms with E-state index in [9.17, 15) is 9.18 Å². The number of nitrogens with zero attached hydrogens (tertiary/aromatic N) is 1. The smallest absolute Gasteiger partial charge is 0.170 e.